The van der Waals surface area contributed by atoms with Crippen LogP contribution in [0.2, 0.25) is 0 Å². The molecule has 3 aromatic rings. The van der Waals surface area contributed by atoms with Crippen LogP contribution in [0, 0.1) is 0 Å². The van der Waals surface area contributed by atoms with Gasteiger partial charge in [0.25, 0.3) is 0 Å². The fraction of sp³-hybridized carbons (Fsp3) is 0.259. The zero-order chi connectivity index (χ0) is 23.9. The smallest absolute Gasteiger partial charge is 0.337 e. The molecule has 1 saturated heterocycles. The lowest BCUT2D eigenvalue weighted by atomic mass is 10.1. The minimum atomic E-state index is -1.07. The van der Waals surface area contributed by atoms with E-state index in [0.717, 1.165) is 47.0 Å². The molecule has 0 spiro atoms. The third kappa shape index (κ3) is 6.62. The Kier molecular flexibility index (Phi) is 7.87. The SMILES string of the molecule is CN1CCC(Oc2ccc(Sc3ccc(CC(=O)Nc4ccccc4C(=O)O)cc3)cc2)CC1. The third-order valence-electron chi connectivity index (χ3n) is 5.75. The van der Waals surface area contributed by atoms with Crippen molar-refractivity contribution in [3.63, 3.8) is 0 Å². The predicted molar refractivity (Wildman–Crippen MR) is 134 cm³/mol. The summed E-state index contributed by atoms with van der Waals surface area (Å²) in [7, 11) is 2.14. The molecule has 0 aromatic heterocycles. The van der Waals surface area contributed by atoms with Gasteiger partial charge in [0, 0.05) is 22.9 Å². The summed E-state index contributed by atoms with van der Waals surface area (Å²) in [6.45, 7) is 2.15. The van der Waals surface area contributed by atoms with Crippen molar-refractivity contribution >= 4 is 29.3 Å². The summed E-state index contributed by atoms with van der Waals surface area (Å²) in [6.07, 6.45) is 2.58. The fourth-order valence-electron chi connectivity index (χ4n) is 3.85. The average molecular weight is 477 g/mol. The van der Waals surface area contributed by atoms with Crippen molar-refractivity contribution in [1.29, 1.82) is 0 Å². The summed E-state index contributed by atoms with van der Waals surface area (Å²) >= 11 is 1.65. The highest BCUT2D eigenvalue weighted by atomic mass is 32.2. The van der Waals surface area contributed by atoms with E-state index in [-0.39, 0.29) is 24.0 Å². The van der Waals surface area contributed by atoms with Gasteiger partial charge in [0.1, 0.15) is 11.9 Å². The van der Waals surface area contributed by atoms with Crippen LogP contribution in [0.15, 0.2) is 82.6 Å². The number of carbonyl (C=O) groups is 2. The molecule has 0 aliphatic carbocycles. The van der Waals surface area contributed by atoms with E-state index < -0.39 is 5.97 Å². The van der Waals surface area contributed by atoms with Gasteiger partial charge >= 0.3 is 5.97 Å². The molecule has 2 N–H and O–H groups in total. The molecule has 3 aromatic carbocycles. The summed E-state index contributed by atoms with van der Waals surface area (Å²) in [5.74, 6) is -0.419. The van der Waals surface area contributed by atoms with E-state index in [1.807, 2.05) is 36.4 Å². The molecule has 1 aliphatic heterocycles. The number of amides is 1. The van der Waals surface area contributed by atoms with Gasteiger partial charge < -0.3 is 20.1 Å². The highest BCUT2D eigenvalue weighted by Crippen LogP contribution is 2.30. The van der Waals surface area contributed by atoms with Crippen molar-refractivity contribution in [1.82, 2.24) is 4.90 Å². The van der Waals surface area contributed by atoms with Gasteiger partial charge in [-0.1, -0.05) is 36.0 Å². The lowest BCUT2D eigenvalue weighted by molar-refractivity contribution is -0.115. The number of nitrogens with one attached hydrogen (secondary N) is 1. The summed E-state index contributed by atoms with van der Waals surface area (Å²) in [5, 5.41) is 11.9. The van der Waals surface area contributed by atoms with E-state index in [2.05, 4.69) is 29.4 Å². The van der Waals surface area contributed by atoms with E-state index in [1.54, 1.807) is 30.0 Å². The van der Waals surface area contributed by atoms with Crippen molar-refractivity contribution in [3.05, 3.63) is 83.9 Å². The van der Waals surface area contributed by atoms with Crippen LogP contribution in [-0.2, 0) is 11.2 Å². The number of nitrogens with zero attached hydrogens (tertiary/aromatic N) is 1. The number of carboxylic acids is 1. The van der Waals surface area contributed by atoms with Crippen LogP contribution in [0.3, 0.4) is 0 Å². The summed E-state index contributed by atoms with van der Waals surface area (Å²) in [4.78, 5) is 28.2. The van der Waals surface area contributed by atoms with Crippen molar-refractivity contribution in [2.45, 2.75) is 35.2 Å². The van der Waals surface area contributed by atoms with E-state index in [9.17, 15) is 14.7 Å². The molecule has 34 heavy (non-hydrogen) atoms. The number of para-hydroxylation sites is 1. The van der Waals surface area contributed by atoms with Crippen LogP contribution < -0.4 is 10.1 Å². The van der Waals surface area contributed by atoms with Crippen LogP contribution in [0.4, 0.5) is 5.69 Å². The number of rotatable bonds is 8. The molecule has 7 heteroatoms. The highest BCUT2D eigenvalue weighted by Gasteiger charge is 2.18. The second-order valence-corrected chi connectivity index (χ2v) is 9.56. The zero-order valence-electron chi connectivity index (χ0n) is 19.1. The zero-order valence-corrected chi connectivity index (χ0v) is 19.9. The number of ether oxygens (including phenoxy) is 1. The van der Waals surface area contributed by atoms with Crippen LogP contribution in [-0.4, -0.2) is 48.1 Å². The van der Waals surface area contributed by atoms with Gasteiger partial charge in [0.05, 0.1) is 17.7 Å². The Balaban J connectivity index is 1.29. The molecule has 6 nitrogen and oxygen atoms in total. The highest BCUT2D eigenvalue weighted by molar-refractivity contribution is 7.99. The summed E-state index contributed by atoms with van der Waals surface area (Å²) in [5.41, 5.74) is 1.23. The van der Waals surface area contributed by atoms with Crippen molar-refractivity contribution < 1.29 is 19.4 Å². The molecule has 176 valence electrons. The number of hydrogen-bond donors (Lipinski definition) is 2. The van der Waals surface area contributed by atoms with Crippen LogP contribution in [0.1, 0.15) is 28.8 Å². The minimum Gasteiger partial charge on any atom is -0.490 e. The molecule has 0 saturated carbocycles. The molecular weight excluding hydrogens is 448 g/mol. The molecule has 4 rings (SSSR count). The van der Waals surface area contributed by atoms with E-state index >= 15 is 0 Å². The molecule has 1 aliphatic rings. The quantitative estimate of drug-likeness (QED) is 0.466. The predicted octanol–water partition coefficient (Wildman–Crippen LogP) is 5.19. The van der Waals surface area contributed by atoms with Gasteiger partial charge in [-0.05, 0) is 74.0 Å². The normalized spacial score (nSPS) is 14.5. The standard InChI is InChI=1S/C27H28N2O4S/c1-29-16-14-21(15-17-29)33-20-8-12-23(13-9-20)34-22-10-6-19(7-11-22)18-26(30)28-25-5-3-2-4-24(25)27(31)32/h2-13,21H,14-18H2,1H3,(H,28,30)(H,31,32). The van der Waals surface area contributed by atoms with Crippen molar-refractivity contribution in [3.8, 4) is 5.75 Å². The lowest BCUT2D eigenvalue weighted by Crippen LogP contribution is -2.35. The molecule has 1 heterocycles. The topological polar surface area (TPSA) is 78.9 Å². The number of carbonyl (C=O) groups excluding carboxylic acids is 1. The van der Waals surface area contributed by atoms with Gasteiger partial charge in [-0.3, -0.25) is 4.79 Å². The molecule has 1 fully saturated rings. The first kappa shape index (κ1) is 23.9. The Morgan fingerprint density at radius 1 is 0.971 bits per heavy atom. The summed E-state index contributed by atoms with van der Waals surface area (Å²) in [6, 6.07) is 22.4. The van der Waals surface area contributed by atoms with Gasteiger partial charge in [0.15, 0.2) is 0 Å². The number of carboxylic acid groups (broad SMARTS) is 1. The maximum atomic E-state index is 12.4. The molecule has 0 atom stereocenters. The lowest BCUT2D eigenvalue weighted by Gasteiger charge is -2.29. The van der Waals surface area contributed by atoms with E-state index in [0.29, 0.717) is 5.69 Å². The molecule has 0 unspecified atom stereocenters. The first-order valence-corrected chi connectivity index (χ1v) is 12.1. The maximum Gasteiger partial charge on any atom is 0.337 e. The van der Waals surface area contributed by atoms with E-state index in [1.165, 1.54) is 6.07 Å². The Labute approximate surface area is 203 Å². The van der Waals surface area contributed by atoms with Crippen LogP contribution >= 0.6 is 11.8 Å². The summed E-state index contributed by atoms with van der Waals surface area (Å²) < 4.78 is 6.12. The fourth-order valence-corrected chi connectivity index (χ4v) is 4.67. The number of benzene rings is 3. The first-order valence-electron chi connectivity index (χ1n) is 11.3. The molecular formula is C27H28N2O4S. The molecule has 0 radical (unpaired) electrons. The number of aromatic carboxylic acids is 1. The Bertz CT molecular complexity index is 1120. The molecule has 1 amide bonds. The number of anilines is 1. The van der Waals surface area contributed by atoms with Gasteiger partial charge in [-0.15, -0.1) is 0 Å². The number of likely N-dealkylation sites (tertiary alicyclic amines) is 1. The van der Waals surface area contributed by atoms with Gasteiger partial charge in [-0.25, -0.2) is 4.79 Å². The van der Waals surface area contributed by atoms with Crippen LogP contribution in [0.25, 0.3) is 0 Å². The Morgan fingerprint density at radius 3 is 2.24 bits per heavy atom. The van der Waals surface area contributed by atoms with Crippen LogP contribution in [0.5, 0.6) is 5.75 Å². The second-order valence-electron chi connectivity index (χ2n) is 8.41. The Hall–Kier alpha value is -3.29. The average Bonchev–Trinajstić information content (AvgIpc) is 2.83. The molecule has 0 bridgehead atoms. The third-order valence-corrected chi connectivity index (χ3v) is 6.76. The monoisotopic (exact) mass is 476 g/mol. The Morgan fingerprint density at radius 2 is 1.59 bits per heavy atom. The number of hydrogen-bond acceptors (Lipinski definition) is 5. The van der Waals surface area contributed by atoms with Crippen molar-refractivity contribution in [2.24, 2.45) is 0 Å². The number of piperidine rings is 1. The minimum absolute atomic E-state index is 0.0744. The van der Waals surface area contributed by atoms with Crippen molar-refractivity contribution in [2.75, 3.05) is 25.5 Å². The first-order chi connectivity index (χ1) is 16.5. The van der Waals surface area contributed by atoms with E-state index in [4.69, 9.17) is 4.74 Å². The largest absolute Gasteiger partial charge is 0.490 e. The maximum absolute atomic E-state index is 12.4. The van der Waals surface area contributed by atoms with Gasteiger partial charge in [0.2, 0.25) is 5.91 Å². The van der Waals surface area contributed by atoms with Gasteiger partial charge in [-0.2, -0.15) is 0 Å². The second kappa shape index (κ2) is 11.2.